The molecular weight excluding hydrogens is 162 g/mol. The van der Waals surface area contributed by atoms with Crippen LogP contribution in [0.1, 0.15) is 26.5 Å². The maximum Gasteiger partial charge on any atom is 0.126 e. The fraction of sp³-hybridized carbons (Fsp3) is 0.364. The highest BCUT2D eigenvalue weighted by atomic mass is 16.3. The van der Waals surface area contributed by atoms with Crippen molar-refractivity contribution in [3.05, 3.63) is 30.2 Å². The van der Waals surface area contributed by atoms with Crippen molar-refractivity contribution in [3.63, 3.8) is 0 Å². The molecule has 0 saturated carbocycles. The number of hydrogen-bond donors (Lipinski definition) is 0. The first kappa shape index (κ1) is 9.78. The summed E-state index contributed by atoms with van der Waals surface area (Å²) in [5.41, 5.74) is -0.00644. The maximum atomic E-state index is 5.12. The Morgan fingerprint density at radius 1 is 1.38 bits per heavy atom. The molecule has 0 unspecified atom stereocenters. The highest BCUT2D eigenvalue weighted by Gasteiger charge is 2.03. The lowest BCUT2D eigenvalue weighted by Crippen LogP contribution is -2.08. The molecule has 1 aromatic rings. The van der Waals surface area contributed by atoms with Crippen LogP contribution in [0.15, 0.2) is 33.9 Å². The second kappa shape index (κ2) is 4.08. The largest absolute Gasteiger partial charge is 0.465 e. The van der Waals surface area contributed by atoms with E-state index in [1.807, 2.05) is 24.3 Å². The molecule has 2 nitrogen and oxygen atoms in total. The van der Waals surface area contributed by atoms with Crippen LogP contribution in [-0.4, -0.2) is 11.8 Å². The number of rotatable bonds is 2. The third kappa shape index (κ3) is 4.31. The first-order chi connectivity index (χ1) is 6.08. The molecular formula is C11H15NO. The van der Waals surface area contributed by atoms with Gasteiger partial charge in [0.25, 0.3) is 0 Å². The van der Waals surface area contributed by atoms with Gasteiger partial charge in [0, 0.05) is 6.21 Å². The van der Waals surface area contributed by atoms with Crippen molar-refractivity contribution in [2.45, 2.75) is 26.3 Å². The minimum Gasteiger partial charge on any atom is -0.465 e. The summed E-state index contributed by atoms with van der Waals surface area (Å²) in [5, 5.41) is 0. The van der Waals surface area contributed by atoms with Crippen LogP contribution in [0.5, 0.6) is 0 Å². The summed E-state index contributed by atoms with van der Waals surface area (Å²) in [6.45, 7) is 6.18. The van der Waals surface area contributed by atoms with E-state index >= 15 is 0 Å². The molecule has 0 fully saturated rings. The van der Waals surface area contributed by atoms with E-state index < -0.39 is 0 Å². The van der Waals surface area contributed by atoms with E-state index in [1.165, 1.54) is 0 Å². The molecule has 13 heavy (non-hydrogen) atoms. The predicted molar refractivity (Wildman–Crippen MR) is 56.0 cm³/mol. The van der Waals surface area contributed by atoms with Gasteiger partial charge >= 0.3 is 0 Å². The van der Waals surface area contributed by atoms with Crippen LogP contribution >= 0.6 is 0 Å². The van der Waals surface area contributed by atoms with Crippen molar-refractivity contribution in [1.29, 1.82) is 0 Å². The molecule has 0 N–H and O–H groups in total. The monoisotopic (exact) mass is 177 g/mol. The topological polar surface area (TPSA) is 25.5 Å². The van der Waals surface area contributed by atoms with E-state index in [2.05, 4.69) is 25.8 Å². The van der Waals surface area contributed by atoms with Gasteiger partial charge < -0.3 is 4.42 Å². The fourth-order valence-electron chi connectivity index (χ4n) is 0.791. The van der Waals surface area contributed by atoms with Gasteiger partial charge in [0.2, 0.25) is 0 Å². The van der Waals surface area contributed by atoms with Gasteiger partial charge in [-0.05, 0) is 45.1 Å². The zero-order valence-electron chi connectivity index (χ0n) is 8.32. The molecule has 70 valence electrons. The molecule has 0 aliphatic rings. The molecule has 0 radical (unpaired) electrons. The first-order valence-corrected chi connectivity index (χ1v) is 4.33. The second-order valence-electron chi connectivity index (χ2n) is 3.82. The Balaban J connectivity index is 2.47. The zero-order valence-corrected chi connectivity index (χ0v) is 8.32. The fourth-order valence-corrected chi connectivity index (χ4v) is 0.791. The van der Waals surface area contributed by atoms with Crippen molar-refractivity contribution in [3.8, 4) is 0 Å². The zero-order chi connectivity index (χ0) is 9.73. The summed E-state index contributed by atoms with van der Waals surface area (Å²) < 4.78 is 5.12. The van der Waals surface area contributed by atoms with E-state index in [0.717, 1.165) is 5.76 Å². The highest BCUT2D eigenvalue weighted by molar-refractivity contribution is 5.77. The number of nitrogens with zero attached hydrogens (tertiary/aromatic N) is 1. The lowest BCUT2D eigenvalue weighted by atomic mass is 10.1. The van der Waals surface area contributed by atoms with E-state index in [1.54, 1.807) is 12.5 Å². The molecule has 0 aliphatic carbocycles. The van der Waals surface area contributed by atoms with Crippen LogP contribution < -0.4 is 0 Å². The molecule has 0 spiro atoms. The van der Waals surface area contributed by atoms with Gasteiger partial charge in [-0.2, -0.15) is 0 Å². The van der Waals surface area contributed by atoms with E-state index in [9.17, 15) is 0 Å². The van der Waals surface area contributed by atoms with Gasteiger partial charge in [-0.25, -0.2) is 0 Å². The van der Waals surface area contributed by atoms with E-state index in [-0.39, 0.29) is 5.54 Å². The Kier molecular flexibility index (Phi) is 3.07. The van der Waals surface area contributed by atoms with Crippen LogP contribution in [0, 0.1) is 0 Å². The Bertz CT molecular complexity index is 288. The Morgan fingerprint density at radius 2 is 2.15 bits per heavy atom. The molecule has 1 aromatic heterocycles. The molecule has 0 aliphatic heterocycles. The van der Waals surface area contributed by atoms with Crippen molar-refractivity contribution in [2.75, 3.05) is 0 Å². The van der Waals surface area contributed by atoms with Crippen molar-refractivity contribution in [1.82, 2.24) is 0 Å². The average molecular weight is 177 g/mol. The summed E-state index contributed by atoms with van der Waals surface area (Å²) in [6, 6.07) is 3.77. The average Bonchev–Trinajstić information content (AvgIpc) is 2.48. The standard InChI is InChI=1S/C11H15NO/c1-11(2,3)12-8-4-6-10-7-5-9-13-10/h4-9H,1-3H3/b6-4+,12-8?. The molecule has 0 aromatic carbocycles. The quantitative estimate of drug-likeness (QED) is 0.637. The highest BCUT2D eigenvalue weighted by Crippen LogP contribution is 2.05. The van der Waals surface area contributed by atoms with Crippen molar-refractivity contribution < 1.29 is 4.42 Å². The molecule has 2 heteroatoms. The van der Waals surface area contributed by atoms with E-state index in [0.29, 0.717) is 0 Å². The first-order valence-electron chi connectivity index (χ1n) is 4.33. The summed E-state index contributed by atoms with van der Waals surface area (Å²) in [4.78, 5) is 4.30. The Hall–Kier alpha value is -1.31. The molecule has 0 saturated heterocycles. The third-order valence-corrected chi connectivity index (χ3v) is 1.35. The molecule has 1 heterocycles. The van der Waals surface area contributed by atoms with Crippen LogP contribution in [0.2, 0.25) is 0 Å². The Labute approximate surface area is 79.0 Å². The molecule has 0 bridgehead atoms. The summed E-state index contributed by atoms with van der Waals surface area (Å²) >= 11 is 0. The van der Waals surface area contributed by atoms with E-state index in [4.69, 9.17) is 4.42 Å². The van der Waals surface area contributed by atoms with Crippen molar-refractivity contribution in [2.24, 2.45) is 4.99 Å². The molecule has 0 atom stereocenters. The Morgan fingerprint density at radius 3 is 2.69 bits per heavy atom. The minimum atomic E-state index is -0.00644. The van der Waals surface area contributed by atoms with Gasteiger partial charge in [-0.1, -0.05) is 0 Å². The molecule has 1 rings (SSSR count). The number of furan rings is 1. The smallest absolute Gasteiger partial charge is 0.126 e. The number of allylic oxidation sites excluding steroid dienone is 1. The summed E-state index contributed by atoms with van der Waals surface area (Å²) in [7, 11) is 0. The second-order valence-corrected chi connectivity index (χ2v) is 3.82. The van der Waals surface area contributed by atoms with Gasteiger partial charge in [0.05, 0.1) is 11.8 Å². The normalized spacial score (nSPS) is 13.2. The minimum absolute atomic E-state index is 0.00644. The summed E-state index contributed by atoms with van der Waals surface area (Å²) in [5.74, 6) is 0.848. The van der Waals surface area contributed by atoms with Gasteiger partial charge in [-0.3, -0.25) is 4.99 Å². The maximum absolute atomic E-state index is 5.12. The van der Waals surface area contributed by atoms with Crippen LogP contribution in [0.4, 0.5) is 0 Å². The molecule has 0 amide bonds. The van der Waals surface area contributed by atoms with Crippen molar-refractivity contribution >= 4 is 12.3 Å². The number of hydrogen-bond acceptors (Lipinski definition) is 2. The van der Waals surface area contributed by atoms with Crippen LogP contribution in [0.25, 0.3) is 6.08 Å². The third-order valence-electron chi connectivity index (χ3n) is 1.35. The predicted octanol–water partition coefficient (Wildman–Crippen LogP) is 3.16. The van der Waals surface area contributed by atoms with Gasteiger partial charge in [0.15, 0.2) is 0 Å². The summed E-state index contributed by atoms with van der Waals surface area (Å²) in [6.07, 6.45) is 7.21. The SMILES string of the molecule is CC(C)(C)N=C/C=C/c1ccco1. The lowest BCUT2D eigenvalue weighted by Gasteiger charge is -2.09. The van der Waals surface area contributed by atoms with Crippen LogP contribution in [-0.2, 0) is 0 Å². The van der Waals surface area contributed by atoms with Gasteiger partial charge in [-0.15, -0.1) is 0 Å². The number of aliphatic imine (C=N–C) groups is 1. The lowest BCUT2D eigenvalue weighted by molar-refractivity contribution is 0.557. The van der Waals surface area contributed by atoms with Gasteiger partial charge in [0.1, 0.15) is 5.76 Å². The van der Waals surface area contributed by atoms with Crippen LogP contribution in [0.3, 0.4) is 0 Å².